The summed E-state index contributed by atoms with van der Waals surface area (Å²) in [6, 6.07) is -1.53. The normalized spacial score (nSPS) is 14.4. The number of aliphatic hydroxyl groups is 1. The van der Waals surface area contributed by atoms with Crippen molar-refractivity contribution in [2.45, 2.75) is 129 Å². The van der Waals surface area contributed by atoms with Crippen LogP contribution in [0.4, 0.5) is 0 Å². The van der Waals surface area contributed by atoms with Gasteiger partial charge in [0.2, 0.25) is 5.91 Å². The molecule has 0 aliphatic heterocycles. The average molecular weight is 568 g/mol. The Morgan fingerprint density at radius 3 is 1.76 bits per heavy atom. The number of esters is 1. The number of carboxylic acid groups (broad SMARTS) is 1. The van der Waals surface area contributed by atoms with Crippen LogP contribution in [-0.4, -0.2) is 64.9 Å². The maximum absolute atomic E-state index is 12.1. The number of nitrogens with one attached hydrogen (secondary N) is 1. The minimum Gasteiger partial charge on any atom is -0.480 e. The molecule has 1 amide bonds. The lowest BCUT2D eigenvalue weighted by atomic mass is 10.1. The zero-order chi connectivity index (χ0) is 28.7. The second-order valence-corrected chi connectivity index (χ2v) is 11.1. The first-order chi connectivity index (χ1) is 18.1. The first kappa shape index (κ1) is 36.5. The van der Waals surface area contributed by atoms with Crippen molar-refractivity contribution in [3.05, 3.63) is 0 Å². The Labute approximate surface area is 227 Å². The van der Waals surface area contributed by atoms with E-state index < -0.39 is 57.6 Å². The van der Waals surface area contributed by atoms with E-state index in [4.69, 9.17) is 4.74 Å². The lowest BCUT2D eigenvalue weighted by Gasteiger charge is -2.18. The number of phosphoric ester groups is 1. The van der Waals surface area contributed by atoms with Gasteiger partial charge in [-0.25, -0.2) is 9.36 Å². The van der Waals surface area contributed by atoms with Crippen LogP contribution in [0, 0.1) is 0 Å². The number of hydrogen-bond acceptors (Lipinski definition) is 8. The molecule has 0 saturated carbocycles. The molecule has 0 aromatic heterocycles. The van der Waals surface area contributed by atoms with Crippen molar-refractivity contribution in [3.8, 4) is 0 Å². The molecular weight excluding hydrogens is 517 g/mol. The summed E-state index contributed by atoms with van der Waals surface area (Å²) in [4.78, 5) is 44.8. The number of carboxylic acids is 1. The van der Waals surface area contributed by atoms with Crippen molar-refractivity contribution >= 4 is 25.7 Å². The smallest absolute Gasteiger partial charge is 0.472 e. The summed E-state index contributed by atoms with van der Waals surface area (Å²) in [6.45, 7) is 2.31. The van der Waals surface area contributed by atoms with E-state index in [0.717, 1.165) is 32.1 Å². The highest BCUT2D eigenvalue weighted by molar-refractivity contribution is 7.47. The number of aliphatic carboxylic acids is 1. The standard InChI is InChI=1S/C26H50NO10P/c1-3-5-7-8-9-10-11-12-13-14-16-17-24(29)27-23(26(31)32)21-37-38(33,34)36-20-22(28)19-35-25(30)18-15-6-4-2/h22-23,28H,3-21H2,1-2H3,(H,27,29)(H,31,32)(H,33,34). The van der Waals surface area contributed by atoms with Gasteiger partial charge in [0, 0.05) is 12.8 Å². The molecule has 12 heteroatoms. The molecule has 0 aliphatic rings. The summed E-state index contributed by atoms with van der Waals surface area (Å²) in [5, 5.41) is 21.4. The van der Waals surface area contributed by atoms with E-state index in [-0.39, 0.29) is 12.8 Å². The van der Waals surface area contributed by atoms with E-state index in [0.29, 0.717) is 12.8 Å². The van der Waals surface area contributed by atoms with E-state index in [1.807, 2.05) is 6.92 Å². The number of amides is 1. The molecule has 4 N–H and O–H groups in total. The topological polar surface area (TPSA) is 169 Å². The molecule has 0 aromatic carbocycles. The second kappa shape index (κ2) is 23.4. The van der Waals surface area contributed by atoms with Crippen LogP contribution in [0.3, 0.4) is 0 Å². The van der Waals surface area contributed by atoms with Gasteiger partial charge in [0.25, 0.3) is 0 Å². The molecule has 0 radical (unpaired) electrons. The maximum atomic E-state index is 12.1. The van der Waals surface area contributed by atoms with E-state index in [9.17, 15) is 34.1 Å². The lowest BCUT2D eigenvalue weighted by Crippen LogP contribution is -2.43. The first-order valence-corrected chi connectivity index (χ1v) is 15.6. The van der Waals surface area contributed by atoms with Gasteiger partial charge in [-0.15, -0.1) is 0 Å². The largest absolute Gasteiger partial charge is 0.480 e. The predicted octanol–water partition coefficient (Wildman–Crippen LogP) is 4.87. The van der Waals surface area contributed by atoms with E-state index >= 15 is 0 Å². The fourth-order valence-corrected chi connectivity index (χ4v) is 4.38. The lowest BCUT2D eigenvalue weighted by molar-refractivity contribution is -0.147. The predicted molar refractivity (Wildman–Crippen MR) is 143 cm³/mol. The van der Waals surface area contributed by atoms with Crippen LogP contribution >= 0.6 is 7.82 Å². The Morgan fingerprint density at radius 1 is 0.737 bits per heavy atom. The van der Waals surface area contributed by atoms with Gasteiger partial charge in [-0.05, 0) is 12.8 Å². The van der Waals surface area contributed by atoms with Crippen molar-refractivity contribution in [1.82, 2.24) is 5.32 Å². The molecule has 0 aromatic rings. The summed E-state index contributed by atoms with van der Waals surface area (Å²) in [6.07, 6.45) is 13.9. The molecule has 224 valence electrons. The Kier molecular flexibility index (Phi) is 22.4. The molecule has 0 saturated heterocycles. The minimum absolute atomic E-state index is 0.150. The van der Waals surface area contributed by atoms with Crippen molar-refractivity contribution in [2.75, 3.05) is 19.8 Å². The Balaban J connectivity index is 4.09. The monoisotopic (exact) mass is 567 g/mol. The third-order valence-electron chi connectivity index (χ3n) is 5.90. The molecule has 38 heavy (non-hydrogen) atoms. The van der Waals surface area contributed by atoms with Crippen LogP contribution in [0.5, 0.6) is 0 Å². The van der Waals surface area contributed by atoms with Gasteiger partial charge in [0.15, 0.2) is 6.04 Å². The Morgan fingerprint density at radius 2 is 1.21 bits per heavy atom. The van der Waals surface area contributed by atoms with Gasteiger partial charge in [0.1, 0.15) is 12.7 Å². The van der Waals surface area contributed by atoms with Crippen LogP contribution < -0.4 is 5.32 Å². The average Bonchev–Trinajstić information content (AvgIpc) is 2.87. The molecule has 0 aliphatic carbocycles. The van der Waals surface area contributed by atoms with E-state index in [1.165, 1.54) is 44.9 Å². The van der Waals surface area contributed by atoms with Crippen LogP contribution in [0.25, 0.3) is 0 Å². The highest BCUT2D eigenvalue weighted by atomic mass is 31.2. The number of rotatable bonds is 26. The van der Waals surface area contributed by atoms with Gasteiger partial charge >= 0.3 is 19.8 Å². The van der Waals surface area contributed by atoms with Crippen LogP contribution in [0.15, 0.2) is 0 Å². The van der Waals surface area contributed by atoms with Gasteiger partial charge in [0.05, 0.1) is 13.2 Å². The molecule has 0 spiro atoms. The fraction of sp³-hybridized carbons (Fsp3) is 0.885. The molecule has 3 unspecified atom stereocenters. The van der Waals surface area contributed by atoms with Crippen molar-refractivity contribution in [3.63, 3.8) is 0 Å². The molecule has 11 nitrogen and oxygen atoms in total. The zero-order valence-corrected chi connectivity index (χ0v) is 24.1. The number of carbonyl (C=O) groups excluding carboxylic acids is 2. The zero-order valence-electron chi connectivity index (χ0n) is 23.2. The minimum atomic E-state index is -4.72. The number of ether oxygens (including phenoxy) is 1. The fourth-order valence-electron chi connectivity index (χ4n) is 3.61. The third kappa shape index (κ3) is 22.5. The molecule has 0 bridgehead atoms. The molecule has 0 heterocycles. The Bertz CT molecular complexity index is 691. The number of carbonyl (C=O) groups is 3. The summed E-state index contributed by atoms with van der Waals surface area (Å²) in [5.41, 5.74) is 0. The summed E-state index contributed by atoms with van der Waals surface area (Å²) >= 11 is 0. The first-order valence-electron chi connectivity index (χ1n) is 14.1. The highest BCUT2D eigenvalue weighted by Gasteiger charge is 2.28. The van der Waals surface area contributed by atoms with Gasteiger partial charge in [-0.1, -0.05) is 90.9 Å². The third-order valence-corrected chi connectivity index (χ3v) is 6.85. The maximum Gasteiger partial charge on any atom is 0.472 e. The summed E-state index contributed by atoms with van der Waals surface area (Å²) < 4.78 is 26.2. The molecule has 0 rings (SSSR count). The van der Waals surface area contributed by atoms with Crippen molar-refractivity contribution < 1.29 is 47.8 Å². The SMILES string of the molecule is CCCCCCCCCCCCCC(=O)NC(COP(=O)(O)OCC(O)COC(=O)CCCCC)C(=O)O. The number of phosphoric acid groups is 1. The van der Waals surface area contributed by atoms with Gasteiger partial charge in [-0.3, -0.25) is 18.6 Å². The number of unbranched alkanes of at least 4 members (excludes halogenated alkanes) is 12. The quantitative estimate of drug-likeness (QED) is 0.0642. The Hall–Kier alpha value is -1.52. The van der Waals surface area contributed by atoms with Crippen LogP contribution in [-0.2, 0) is 32.7 Å². The van der Waals surface area contributed by atoms with Gasteiger partial charge in [-0.2, -0.15) is 0 Å². The van der Waals surface area contributed by atoms with E-state index in [1.54, 1.807) is 0 Å². The number of aliphatic hydroxyl groups excluding tert-OH is 1. The molecule has 0 fully saturated rings. The summed E-state index contributed by atoms with van der Waals surface area (Å²) in [7, 11) is -4.72. The van der Waals surface area contributed by atoms with Crippen molar-refractivity contribution in [2.24, 2.45) is 0 Å². The molecule has 3 atom stereocenters. The second-order valence-electron chi connectivity index (χ2n) is 9.60. The van der Waals surface area contributed by atoms with E-state index in [2.05, 4.69) is 21.3 Å². The van der Waals surface area contributed by atoms with Crippen LogP contribution in [0.2, 0.25) is 0 Å². The van der Waals surface area contributed by atoms with Crippen LogP contribution in [0.1, 0.15) is 117 Å². The van der Waals surface area contributed by atoms with Crippen molar-refractivity contribution in [1.29, 1.82) is 0 Å². The summed E-state index contributed by atoms with van der Waals surface area (Å²) in [5.74, 6) is -2.40. The molecular formula is C26H50NO10P. The van der Waals surface area contributed by atoms with Gasteiger partial charge < -0.3 is 25.2 Å². The highest BCUT2D eigenvalue weighted by Crippen LogP contribution is 2.43. The number of hydrogen-bond donors (Lipinski definition) is 4.